The molecule has 0 aliphatic heterocycles. The minimum absolute atomic E-state index is 0.166. The third kappa shape index (κ3) is 4.06. The van der Waals surface area contributed by atoms with Crippen LogP contribution in [-0.2, 0) is 11.3 Å². The molecule has 1 aromatic carbocycles. The molecule has 0 radical (unpaired) electrons. The molecule has 21 heavy (non-hydrogen) atoms. The number of aromatic amines is 1. The van der Waals surface area contributed by atoms with E-state index in [1.165, 1.54) is 12.3 Å². The molecule has 1 atom stereocenters. The van der Waals surface area contributed by atoms with Crippen molar-refractivity contribution < 1.29 is 4.79 Å². The molecular formula is C14H14ClN3O3. The van der Waals surface area contributed by atoms with Crippen LogP contribution >= 0.6 is 11.6 Å². The summed E-state index contributed by atoms with van der Waals surface area (Å²) in [7, 11) is 0. The lowest BCUT2D eigenvalue weighted by Crippen LogP contribution is -2.36. The normalized spacial score (nSPS) is 11.9. The molecule has 1 aromatic heterocycles. The van der Waals surface area contributed by atoms with Crippen LogP contribution in [0.15, 0.2) is 46.1 Å². The lowest BCUT2D eigenvalue weighted by molar-refractivity contribution is -0.122. The first kappa shape index (κ1) is 15.1. The van der Waals surface area contributed by atoms with Crippen LogP contribution < -0.4 is 16.6 Å². The van der Waals surface area contributed by atoms with Gasteiger partial charge in [-0.3, -0.25) is 19.1 Å². The van der Waals surface area contributed by atoms with Crippen LogP contribution in [0.3, 0.4) is 0 Å². The van der Waals surface area contributed by atoms with E-state index in [4.69, 9.17) is 11.6 Å². The van der Waals surface area contributed by atoms with Gasteiger partial charge in [0.25, 0.3) is 5.56 Å². The third-order valence-corrected chi connectivity index (χ3v) is 3.17. The largest absolute Gasteiger partial charge is 0.348 e. The third-order valence-electron chi connectivity index (χ3n) is 2.94. The number of benzene rings is 1. The van der Waals surface area contributed by atoms with Crippen LogP contribution in [0.1, 0.15) is 18.5 Å². The summed E-state index contributed by atoms with van der Waals surface area (Å²) < 4.78 is 1.13. The second-order valence-electron chi connectivity index (χ2n) is 4.58. The molecule has 110 valence electrons. The van der Waals surface area contributed by atoms with E-state index in [9.17, 15) is 14.4 Å². The fraction of sp³-hybridized carbons (Fsp3) is 0.214. The molecule has 1 amide bonds. The molecule has 2 N–H and O–H groups in total. The monoisotopic (exact) mass is 307 g/mol. The lowest BCUT2D eigenvalue weighted by Gasteiger charge is -2.15. The molecule has 0 saturated carbocycles. The summed E-state index contributed by atoms with van der Waals surface area (Å²) in [6, 6.07) is 8.11. The van der Waals surface area contributed by atoms with Crippen molar-refractivity contribution in [1.29, 1.82) is 0 Å². The van der Waals surface area contributed by atoms with Crippen LogP contribution in [0.2, 0.25) is 5.02 Å². The zero-order chi connectivity index (χ0) is 15.4. The minimum Gasteiger partial charge on any atom is -0.348 e. The quantitative estimate of drug-likeness (QED) is 0.886. The van der Waals surface area contributed by atoms with Crippen molar-refractivity contribution in [3.8, 4) is 0 Å². The van der Waals surface area contributed by atoms with Crippen LogP contribution in [0.5, 0.6) is 0 Å². The van der Waals surface area contributed by atoms with Crippen molar-refractivity contribution in [3.63, 3.8) is 0 Å². The number of rotatable bonds is 4. The summed E-state index contributed by atoms with van der Waals surface area (Å²) in [5.74, 6) is -0.336. The van der Waals surface area contributed by atoms with Crippen LogP contribution in [-0.4, -0.2) is 15.5 Å². The van der Waals surface area contributed by atoms with E-state index < -0.39 is 11.2 Å². The number of halogens is 1. The van der Waals surface area contributed by atoms with Crippen molar-refractivity contribution in [1.82, 2.24) is 14.9 Å². The van der Waals surface area contributed by atoms with Crippen molar-refractivity contribution >= 4 is 17.5 Å². The van der Waals surface area contributed by atoms with Crippen LogP contribution in [0.4, 0.5) is 0 Å². The van der Waals surface area contributed by atoms with Gasteiger partial charge in [0.1, 0.15) is 6.54 Å². The molecule has 0 bridgehead atoms. The molecule has 6 nitrogen and oxygen atoms in total. The average molecular weight is 308 g/mol. The van der Waals surface area contributed by atoms with Crippen LogP contribution in [0.25, 0.3) is 0 Å². The second-order valence-corrected chi connectivity index (χ2v) is 5.02. The zero-order valence-corrected chi connectivity index (χ0v) is 12.1. The van der Waals surface area contributed by atoms with Gasteiger partial charge in [-0.1, -0.05) is 23.7 Å². The Bertz CT molecular complexity index is 766. The molecule has 0 aliphatic rings. The summed E-state index contributed by atoms with van der Waals surface area (Å²) in [4.78, 5) is 36.4. The lowest BCUT2D eigenvalue weighted by atomic mass is 10.1. The molecule has 2 aromatic rings. The molecular weight excluding hydrogens is 294 g/mol. The zero-order valence-electron chi connectivity index (χ0n) is 11.3. The predicted octanol–water partition coefficient (Wildman–Crippen LogP) is 1.07. The van der Waals surface area contributed by atoms with Gasteiger partial charge in [-0.25, -0.2) is 4.79 Å². The maximum atomic E-state index is 11.9. The van der Waals surface area contributed by atoms with Crippen molar-refractivity contribution in [2.24, 2.45) is 0 Å². The number of nitrogens with zero attached hydrogens (tertiary/aromatic N) is 1. The maximum Gasteiger partial charge on any atom is 0.328 e. The Morgan fingerprint density at radius 3 is 2.81 bits per heavy atom. The number of hydrogen-bond acceptors (Lipinski definition) is 3. The fourth-order valence-corrected chi connectivity index (χ4v) is 2.07. The Labute approximate surface area is 125 Å². The first-order valence-corrected chi connectivity index (χ1v) is 6.68. The van der Waals surface area contributed by atoms with Gasteiger partial charge in [0, 0.05) is 17.3 Å². The molecule has 1 heterocycles. The van der Waals surface area contributed by atoms with E-state index in [1.54, 1.807) is 18.2 Å². The Morgan fingerprint density at radius 1 is 1.38 bits per heavy atom. The Kier molecular flexibility index (Phi) is 4.59. The summed E-state index contributed by atoms with van der Waals surface area (Å²) in [6.45, 7) is 1.65. The summed E-state index contributed by atoms with van der Waals surface area (Å²) in [5.41, 5.74) is -0.248. The Hall–Kier alpha value is -2.34. The van der Waals surface area contributed by atoms with Gasteiger partial charge in [-0.15, -0.1) is 0 Å². The number of hydrogen-bond donors (Lipinski definition) is 2. The number of carbonyl (C=O) groups excluding carboxylic acids is 1. The van der Waals surface area contributed by atoms with Crippen molar-refractivity contribution in [2.75, 3.05) is 0 Å². The first-order valence-electron chi connectivity index (χ1n) is 6.30. The molecule has 0 spiro atoms. The molecule has 0 fully saturated rings. The van der Waals surface area contributed by atoms with Crippen LogP contribution in [0, 0.1) is 0 Å². The maximum absolute atomic E-state index is 11.9. The van der Waals surface area contributed by atoms with Crippen molar-refractivity contribution in [2.45, 2.75) is 19.5 Å². The smallest absolute Gasteiger partial charge is 0.328 e. The van der Waals surface area contributed by atoms with E-state index in [0.717, 1.165) is 10.1 Å². The van der Waals surface area contributed by atoms with E-state index in [2.05, 4.69) is 10.3 Å². The minimum atomic E-state index is -0.618. The highest BCUT2D eigenvalue weighted by atomic mass is 35.5. The highest BCUT2D eigenvalue weighted by molar-refractivity contribution is 6.30. The van der Waals surface area contributed by atoms with Gasteiger partial charge in [0.15, 0.2) is 0 Å². The SMILES string of the molecule is C[C@H](NC(=O)Cn1ccc(=O)[nH]c1=O)c1cccc(Cl)c1. The molecule has 0 unspecified atom stereocenters. The van der Waals surface area contributed by atoms with E-state index in [1.807, 2.05) is 13.0 Å². The van der Waals surface area contributed by atoms with Gasteiger partial charge >= 0.3 is 5.69 Å². The molecule has 0 saturated heterocycles. The summed E-state index contributed by atoms with van der Waals surface area (Å²) in [5, 5.41) is 3.35. The Balaban J connectivity index is 2.04. The first-order chi connectivity index (χ1) is 9.95. The number of H-pyrrole nitrogens is 1. The van der Waals surface area contributed by atoms with E-state index >= 15 is 0 Å². The van der Waals surface area contributed by atoms with Gasteiger partial charge in [-0.05, 0) is 24.6 Å². The Morgan fingerprint density at radius 2 is 2.14 bits per heavy atom. The van der Waals surface area contributed by atoms with Gasteiger partial charge in [0.2, 0.25) is 5.91 Å². The highest BCUT2D eigenvalue weighted by Crippen LogP contribution is 2.17. The van der Waals surface area contributed by atoms with E-state index in [-0.39, 0.29) is 18.5 Å². The topological polar surface area (TPSA) is 84.0 Å². The fourth-order valence-electron chi connectivity index (χ4n) is 1.87. The summed E-state index contributed by atoms with van der Waals surface area (Å²) in [6.07, 6.45) is 1.28. The molecule has 0 aliphatic carbocycles. The van der Waals surface area contributed by atoms with Gasteiger partial charge < -0.3 is 5.32 Å². The average Bonchev–Trinajstić information content (AvgIpc) is 2.42. The molecule has 2 rings (SSSR count). The van der Waals surface area contributed by atoms with Crippen molar-refractivity contribution in [3.05, 3.63) is 68.0 Å². The summed E-state index contributed by atoms with van der Waals surface area (Å²) >= 11 is 5.90. The molecule has 7 heteroatoms. The van der Waals surface area contributed by atoms with E-state index in [0.29, 0.717) is 5.02 Å². The predicted molar refractivity (Wildman–Crippen MR) is 79.3 cm³/mol. The van der Waals surface area contributed by atoms with Gasteiger partial charge in [0.05, 0.1) is 6.04 Å². The second kappa shape index (κ2) is 6.41. The van der Waals surface area contributed by atoms with Gasteiger partial charge in [-0.2, -0.15) is 0 Å². The number of aromatic nitrogens is 2. The number of nitrogens with one attached hydrogen (secondary N) is 2. The number of amides is 1. The highest BCUT2D eigenvalue weighted by Gasteiger charge is 2.11. The standard InChI is InChI=1S/C14H14ClN3O3/c1-9(10-3-2-4-11(15)7-10)16-13(20)8-18-6-5-12(19)17-14(18)21/h2-7,9H,8H2,1H3,(H,16,20)(H,17,19,21)/t9-/m0/s1. The number of carbonyl (C=O) groups is 1.